The third-order valence-electron chi connectivity index (χ3n) is 2.99. The van der Waals surface area contributed by atoms with Crippen LogP contribution in [0.15, 0.2) is 18.2 Å². The molecule has 4 nitrogen and oxygen atoms in total. The molecule has 8 heteroatoms. The van der Waals surface area contributed by atoms with E-state index >= 15 is 0 Å². The van der Waals surface area contributed by atoms with Crippen LogP contribution in [0.3, 0.4) is 0 Å². The number of hydrogen-bond acceptors (Lipinski definition) is 3. The Bertz CT molecular complexity index is 570. The lowest BCUT2D eigenvalue weighted by Gasteiger charge is -2.22. The molecule has 0 spiro atoms. The van der Waals surface area contributed by atoms with Gasteiger partial charge in [0.1, 0.15) is 4.99 Å². The zero-order chi connectivity index (χ0) is 16.4. The van der Waals surface area contributed by atoms with Crippen molar-refractivity contribution >= 4 is 28.8 Å². The molecule has 116 valence electrons. The Morgan fingerprint density at radius 3 is 2.29 bits per heavy atom. The Morgan fingerprint density at radius 1 is 1.29 bits per heavy atom. The Labute approximate surface area is 125 Å². The molecule has 0 unspecified atom stereocenters. The molecule has 0 bridgehead atoms. The lowest BCUT2D eigenvalue weighted by Crippen LogP contribution is -2.37. The summed E-state index contributed by atoms with van der Waals surface area (Å²) in [7, 11) is 0. The van der Waals surface area contributed by atoms with Gasteiger partial charge in [0.25, 0.3) is 0 Å². The first-order valence-corrected chi connectivity index (χ1v) is 6.41. The first kappa shape index (κ1) is 17.2. The summed E-state index contributed by atoms with van der Waals surface area (Å²) < 4.78 is 38.5. The molecular weight excluding hydrogens is 303 g/mol. The highest BCUT2D eigenvalue weighted by Gasteiger charge is 2.34. The summed E-state index contributed by atoms with van der Waals surface area (Å²) in [6.45, 7) is 3.42. The molecule has 21 heavy (non-hydrogen) atoms. The molecule has 0 aliphatic rings. The van der Waals surface area contributed by atoms with E-state index in [0.29, 0.717) is 5.69 Å². The fourth-order valence-electron chi connectivity index (χ4n) is 1.52. The van der Waals surface area contributed by atoms with Crippen LogP contribution in [0.1, 0.15) is 25.0 Å². The SMILES string of the molecule is CC(C)(CNc1ccc(C(F)(F)F)c(C(N)=S)c1)C(N)=O. The van der Waals surface area contributed by atoms with Crippen LogP contribution in [0.25, 0.3) is 0 Å². The van der Waals surface area contributed by atoms with Gasteiger partial charge in [0.05, 0.1) is 11.0 Å². The second-order valence-electron chi connectivity index (χ2n) is 5.22. The molecule has 1 rings (SSSR count). The highest BCUT2D eigenvalue weighted by molar-refractivity contribution is 7.80. The van der Waals surface area contributed by atoms with E-state index in [4.69, 9.17) is 11.5 Å². The summed E-state index contributed by atoms with van der Waals surface area (Å²) >= 11 is 4.65. The molecule has 1 aromatic rings. The number of carbonyl (C=O) groups is 1. The third-order valence-corrected chi connectivity index (χ3v) is 3.21. The summed E-state index contributed by atoms with van der Waals surface area (Å²) in [5.41, 5.74) is 8.94. The first-order valence-electron chi connectivity index (χ1n) is 6.00. The summed E-state index contributed by atoms with van der Waals surface area (Å²) in [5, 5.41) is 2.86. The van der Waals surface area contributed by atoms with Crippen molar-refractivity contribution in [3.8, 4) is 0 Å². The zero-order valence-electron chi connectivity index (χ0n) is 11.5. The molecular formula is C13H16F3N3OS. The van der Waals surface area contributed by atoms with Crippen LogP contribution >= 0.6 is 12.2 Å². The minimum absolute atomic E-state index is 0.171. The van der Waals surface area contributed by atoms with Crippen LogP contribution in [0.5, 0.6) is 0 Å². The molecule has 0 saturated heterocycles. The molecule has 0 aliphatic carbocycles. The Kier molecular flexibility index (Phi) is 4.83. The third kappa shape index (κ3) is 4.32. The van der Waals surface area contributed by atoms with Gasteiger partial charge in [-0.3, -0.25) is 4.79 Å². The number of amides is 1. The average molecular weight is 319 g/mol. The molecule has 1 aromatic carbocycles. The maximum atomic E-state index is 12.8. The number of benzene rings is 1. The van der Waals surface area contributed by atoms with Gasteiger partial charge in [0, 0.05) is 17.8 Å². The van der Waals surface area contributed by atoms with Crippen LogP contribution in [-0.2, 0) is 11.0 Å². The number of nitrogens with two attached hydrogens (primary N) is 2. The van der Waals surface area contributed by atoms with E-state index in [1.165, 1.54) is 12.1 Å². The van der Waals surface area contributed by atoms with Crippen molar-refractivity contribution in [3.05, 3.63) is 29.3 Å². The van der Waals surface area contributed by atoms with Crippen molar-refractivity contribution in [3.63, 3.8) is 0 Å². The van der Waals surface area contributed by atoms with Crippen molar-refractivity contribution in [1.82, 2.24) is 0 Å². The summed E-state index contributed by atoms with van der Waals surface area (Å²) in [4.78, 5) is 10.8. The van der Waals surface area contributed by atoms with Crippen molar-refractivity contribution in [2.24, 2.45) is 16.9 Å². The molecule has 0 heterocycles. The van der Waals surface area contributed by atoms with E-state index in [0.717, 1.165) is 6.07 Å². The van der Waals surface area contributed by atoms with E-state index in [9.17, 15) is 18.0 Å². The molecule has 0 atom stereocenters. The summed E-state index contributed by atoms with van der Waals surface area (Å²) in [6.07, 6.45) is -4.54. The van der Waals surface area contributed by atoms with Crippen LogP contribution in [0, 0.1) is 5.41 Å². The predicted octanol–water partition coefficient (Wildman–Crippen LogP) is 2.26. The van der Waals surface area contributed by atoms with Crippen molar-refractivity contribution in [2.75, 3.05) is 11.9 Å². The lowest BCUT2D eigenvalue weighted by atomic mass is 9.92. The van der Waals surface area contributed by atoms with Gasteiger partial charge >= 0.3 is 6.18 Å². The van der Waals surface area contributed by atoms with Crippen molar-refractivity contribution in [2.45, 2.75) is 20.0 Å². The van der Waals surface area contributed by atoms with Gasteiger partial charge in [-0.25, -0.2) is 0 Å². The number of primary amides is 1. The number of hydrogen-bond donors (Lipinski definition) is 3. The average Bonchev–Trinajstić information content (AvgIpc) is 2.34. The maximum Gasteiger partial charge on any atom is 0.417 e. The lowest BCUT2D eigenvalue weighted by molar-refractivity contribution is -0.137. The number of halogens is 3. The molecule has 1 amide bonds. The second kappa shape index (κ2) is 5.88. The van der Waals surface area contributed by atoms with Gasteiger partial charge in [-0.15, -0.1) is 0 Å². The van der Waals surface area contributed by atoms with Crippen LogP contribution in [0.4, 0.5) is 18.9 Å². The first-order chi connectivity index (χ1) is 9.45. The van der Waals surface area contributed by atoms with E-state index < -0.39 is 23.1 Å². The number of thiocarbonyl (C=S) groups is 1. The van der Waals surface area contributed by atoms with Crippen LogP contribution in [-0.4, -0.2) is 17.4 Å². The highest BCUT2D eigenvalue weighted by Crippen LogP contribution is 2.33. The quantitative estimate of drug-likeness (QED) is 0.727. The van der Waals surface area contributed by atoms with E-state index in [-0.39, 0.29) is 17.1 Å². The molecule has 5 N–H and O–H groups in total. The fourth-order valence-corrected chi connectivity index (χ4v) is 1.68. The topological polar surface area (TPSA) is 81.1 Å². The van der Waals surface area contributed by atoms with Crippen LogP contribution < -0.4 is 16.8 Å². The van der Waals surface area contributed by atoms with Gasteiger partial charge in [0.2, 0.25) is 5.91 Å². The summed E-state index contributed by atoms with van der Waals surface area (Å²) in [6, 6.07) is 3.36. The maximum absolute atomic E-state index is 12.8. The molecule has 0 fully saturated rings. The number of rotatable bonds is 5. The van der Waals surface area contributed by atoms with Crippen molar-refractivity contribution in [1.29, 1.82) is 0 Å². The number of carbonyl (C=O) groups excluding carboxylic acids is 1. The molecule has 0 radical (unpaired) electrons. The monoisotopic (exact) mass is 319 g/mol. The van der Waals surface area contributed by atoms with Crippen molar-refractivity contribution < 1.29 is 18.0 Å². The molecule has 0 aliphatic heterocycles. The predicted molar refractivity (Wildman–Crippen MR) is 78.8 cm³/mol. The zero-order valence-corrected chi connectivity index (χ0v) is 12.4. The normalized spacial score (nSPS) is 12.0. The van der Waals surface area contributed by atoms with Gasteiger partial charge in [0.15, 0.2) is 0 Å². The molecule has 0 saturated carbocycles. The Balaban J connectivity index is 3.05. The van der Waals surface area contributed by atoms with E-state index in [2.05, 4.69) is 17.5 Å². The Morgan fingerprint density at radius 2 is 1.86 bits per heavy atom. The standard InChI is InChI=1S/C13H16F3N3OS/c1-12(2,11(18)20)6-19-7-3-4-9(13(14,15)16)8(5-7)10(17)21/h3-5,19H,6H2,1-2H3,(H2,17,21)(H2,18,20). The number of nitrogens with one attached hydrogen (secondary N) is 1. The minimum Gasteiger partial charge on any atom is -0.389 e. The smallest absolute Gasteiger partial charge is 0.389 e. The Hall–Kier alpha value is -1.83. The number of alkyl halides is 3. The van der Waals surface area contributed by atoms with E-state index in [1.807, 2.05) is 0 Å². The summed E-state index contributed by atoms with van der Waals surface area (Å²) in [5.74, 6) is -0.517. The van der Waals surface area contributed by atoms with E-state index in [1.54, 1.807) is 13.8 Å². The highest BCUT2D eigenvalue weighted by atomic mass is 32.1. The second-order valence-corrected chi connectivity index (χ2v) is 5.66. The molecule has 0 aromatic heterocycles. The van der Waals surface area contributed by atoms with Gasteiger partial charge in [-0.1, -0.05) is 12.2 Å². The van der Waals surface area contributed by atoms with Gasteiger partial charge in [-0.2, -0.15) is 13.2 Å². The van der Waals surface area contributed by atoms with Crippen LogP contribution in [0.2, 0.25) is 0 Å². The number of anilines is 1. The largest absolute Gasteiger partial charge is 0.417 e. The minimum atomic E-state index is -4.54. The van der Waals surface area contributed by atoms with Gasteiger partial charge in [-0.05, 0) is 32.0 Å². The fraction of sp³-hybridized carbons (Fsp3) is 0.385. The van der Waals surface area contributed by atoms with Gasteiger partial charge < -0.3 is 16.8 Å².